The van der Waals surface area contributed by atoms with Gasteiger partial charge in [-0.15, -0.1) is 0 Å². The highest BCUT2D eigenvalue weighted by Gasteiger charge is 2.26. The average molecular weight is 409 g/mol. The van der Waals surface area contributed by atoms with Crippen molar-refractivity contribution in [3.05, 3.63) is 47.0 Å². The Hall–Kier alpha value is -2.09. The van der Waals surface area contributed by atoms with Gasteiger partial charge >= 0.3 is 0 Å². The summed E-state index contributed by atoms with van der Waals surface area (Å²) in [4.78, 5) is 4.49. The maximum Gasteiger partial charge on any atom is 0.243 e. The molecule has 2 aromatic carbocycles. The van der Waals surface area contributed by atoms with E-state index in [1.807, 2.05) is 0 Å². The van der Waals surface area contributed by atoms with E-state index in [9.17, 15) is 13.5 Å². The number of rotatable bonds is 5. The summed E-state index contributed by atoms with van der Waals surface area (Å²) in [5.41, 5.74) is 0.781. The third kappa shape index (κ3) is 4.43. The summed E-state index contributed by atoms with van der Waals surface area (Å²) in [5.74, 6) is 0.463. The average Bonchev–Trinajstić information content (AvgIpc) is 2.69. The molecular weight excluding hydrogens is 388 g/mol. The first kappa shape index (κ1) is 19.7. The molecule has 0 unspecified atom stereocenters. The molecule has 0 aromatic heterocycles. The number of hydrogen-bond acceptors (Lipinski definition) is 5. The standard InChI is InChI=1S/C19H21ClN2O4S/c1-26-19-8-6-16(27(24,25)22-9-3-2-4-10-22)12-17(19)21-13-14-11-15(20)5-7-18(14)23/h5-8,11-13,23H,2-4,9-10H2,1H3. The smallest absolute Gasteiger partial charge is 0.243 e. The molecule has 0 atom stereocenters. The van der Waals surface area contributed by atoms with Crippen LogP contribution in [0.2, 0.25) is 5.02 Å². The number of piperidine rings is 1. The number of nitrogens with zero attached hydrogens (tertiary/aromatic N) is 2. The molecule has 1 N–H and O–H groups in total. The van der Waals surface area contributed by atoms with Crippen molar-refractivity contribution in [1.82, 2.24) is 4.31 Å². The van der Waals surface area contributed by atoms with Crippen LogP contribution in [0.3, 0.4) is 0 Å². The van der Waals surface area contributed by atoms with Crippen molar-refractivity contribution in [3.8, 4) is 11.5 Å². The zero-order chi connectivity index (χ0) is 19.4. The molecule has 27 heavy (non-hydrogen) atoms. The van der Waals surface area contributed by atoms with Gasteiger partial charge in [-0.1, -0.05) is 18.0 Å². The van der Waals surface area contributed by atoms with Gasteiger partial charge in [0.15, 0.2) is 0 Å². The van der Waals surface area contributed by atoms with Crippen molar-refractivity contribution in [2.45, 2.75) is 24.2 Å². The van der Waals surface area contributed by atoms with Crippen LogP contribution < -0.4 is 4.74 Å². The van der Waals surface area contributed by atoms with Crippen LogP contribution in [0, 0.1) is 0 Å². The third-order valence-electron chi connectivity index (χ3n) is 4.44. The highest BCUT2D eigenvalue weighted by molar-refractivity contribution is 7.89. The first-order valence-corrected chi connectivity index (χ1v) is 10.4. The van der Waals surface area contributed by atoms with Gasteiger partial charge in [0.1, 0.15) is 17.2 Å². The van der Waals surface area contributed by atoms with E-state index < -0.39 is 10.0 Å². The minimum Gasteiger partial charge on any atom is -0.507 e. The molecule has 0 aliphatic carbocycles. The van der Waals surface area contributed by atoms with Crippen LogP contribution in [0.4, 0.5) is 5.69 Å². The Kier molecular flexibility index (Phi) is 6.04. The summed E-state index contributed by atoms with van der Waals surface area (Å²) >= 11 is 5.95. The second-order valence-corrected chi connectivity index (χ2v) is 8.63. The minimum atomic E-state index is -3.57. The molecule has 0 bridgehead atoms. The summed E-state index contributed by atoms with van der Waals surface area (Å²) < 4.78 is 32.6. The fourth-order valence-electron chi connectivity index (χ4n) is 2.95. The quantitative estimate of drug-likeness (QED) is 0.759. The summed E-state index contributed by atoms with van der Waals surface area (Å²) in [6, 6.07) is 9.21. The molecule has 0 amide bonds. The van der Waals surface area contributed by atoms with Crippen LogP contribution >= 0.6 is 11.6 Å². The van der Waals surface area contributed by atoms with Crippen LogP contribution in [0.1, 0.15) is 24.8 Å². The maximum absolute atomic E-state index is 12.9. The lowest BCUT2D eigenvalue weighted by atomic mass is 10.2. The number of ether oxygens (including phenoxy) is 1. The number of methoxy groups -OCH3 is 1. The van der Waals surface area contributed by atoms with E-state index in [0.717, 1.165) is 19.3 Å². The number of phenolic OH excluding ortho intramolecular Hbond substituents is 1. The van der Waals surface area contributed by atoms with Gasteiger partial charge in [0, 0.05) is 29.9 Å². The van der Waals surface area contributed by atoms with Gasteiger partial charge in [0.2, 0.25) is 10.0 Å². The van der Waals surface area contributed by atoms with Gasteiger partial charge in [-0.25, -0.2) is 8.42 Å². The van der Waals surface area contributed by atoms with Crippen molar-refractivity contribution in [1.29, 1.82) is 0 Å². The molecule has 144 valence electrons. The Morgan fingerprint density at radius 1 is 1.15 bits per heavy atom. The molecule has 1 saturated heterocycles. The number of benzene rings is 2. The molecule has 1 aliphatic heterocycles. The Labute approximate surface area is 164 Å². The van der Waals surface area contributed by atoms with Crippen molar-refractivity contribution in [3.63, 3.8) is 0 Å². The molecular formula is C19H21ClN2O4S. The molecule has 3 rings (SSSR count). The van der Waals surface area contributed by atoms with Gasteiger partial charge < -0.3 is 9.84 Å². The Morgan fingerprint density at radius 2 is 1.89 bits per heavy atom. The molecule has 1 heterocycles. The summed E-state index contributed by atoms with van der Waals surface area (Å²) in [7, 11) is -2.08. The van der Waals surface area contributed by atoms with Gasteiger partial charge in [0.25, 0.3) is 0 Å². The lowest BCUT2D eigenvalue weighted by molar-refractivity contribution is 0.346. The van der Waals surface area contributed by atoms with Crippen molar-refractivity contribution in [2.24, 2.45) is 4.99 Å². The largest absolute Gasteiger partial charge is 0.507 e. The summed E-state index contributed by atoms with van der Waals surface area (Å²) in [5, 5.41) is 10.4. The van der Waals surface area contributed by atoms with Crippen LogP contribution in [0.15, 0.2) is 46.3 Å². The van der Waals surface area contributed by atoms with Crippen LogP contribution in [0.25, 0.3) is 0 Å². The zero-order valence-electron chi connectivity index (χ0n) is 14.9. The lowest BCUT2D eigenvalue weighted by Gasteiger charge is -2.26. The highest BCUT2D eigenvalue weighted by Crippen LogP contribution is 2.32. The molecule has 8 heteroatoms. The third-order valence-corrected chi connectivity index (χ3v) is 6.57. The molecule has 2 aromatic rings. The minimum absolute atomic E-state index is 0.0270. The first-order chi connectivity index (χ1) is 12.9. The predicted octanol–water partition coefficient (Wildman–Crippen LogP) is 3.98. The van der Waals surface area contributed by atoms with E-state index in [1.54, 1.807) is 18.2 Å². The SMILES string of the molecule is COc1ccc(S(=O)(=O)N2CCCCC2)cc1N=Cc1cc(Cl)ccc1O. The maximum atomic E-state index is 12.9. The summed E-state index contributed by atoms with van der Waals surface area (Å²) in [6.07, 6.45) is 4.21. The van der Waals surface area contributed by atoms with E-state index in [2.05, 4.69) is 4.99 Å². The van der Waals surface area contributed by atoms with Crippen molar-refractivity contribution >= 4 is 33.5 Å². The molecule has 0 radical (unpaired) electrons. The number of hydrogen-bond donors (Lipinski definition) is 1. The van der Waals surface area contributed by atoms with Crippen molar-refractivity contribution < 1.29 is 18.3 Å². The number of sulfonamides is 1. The fourth-order valence-corrected chi connectivity index (χ4v) is 4.67. The summed E-state index contributed by atoms with van der Waals surface area (Å²) in [6.45, 7) is 1.06. The van der Waals surface area contributed by atoms with E-state index in [0.29, 0.717) is 35.1 Å². The van der Waals surface area contributed by atoms with Gasteiger partial charge in [-0.2, -0.15) is 4.31 Å². The second-order valence-electron chi connectivity index (χ2n) is 6.26. The zero-order valence-corrected chi connectivity index (χ0v) is 16.5. The Morgan fingerprint density at radius 3 is 2.59 bits per heavy atom. The Bertz CT molecular complexity index is 954. The molecule has 0 saturated carbocycles. The van der Waals surface area contributed by atoms with Crippen LogP contribution in [0.5, 0.6) is 11.5 Å². The highest BCUT2D eigenvalue weighted by atomic mass is 35.5. The van der Waals surface area contributed by atoms with Crippen LogP contribution in [-0.4, -0.2) is 44.2 Å². The van der Waals surface area contributed by atoms with Crippen molar-refractivity contribution in [2.75, 3.05) is 20.2 Å². The van der Waals surface area contributed by atoms with E-state index >= 15 is 0 Å². The predicted molar refractivity (Wildman–Crippen MR) is 106 cm³/mol. The molecule has 6 nitrogen and oxygen atoms in total. The normalized spacial score (nSPS) is 15.9. The molecule has 1 fully saturated rings. The fraction of sp³-hybridized carbons (Fsp3) is 0.316. The Balaban J connectivity index is 1.96. The monoisotopic (exact) mass is 408 g/mol. The number of halogens is 1. The lowest BCUT2D eigenvalue weighted by Crippen LogP contribution is -2.35. The number of phenols is 1. The van der Waals surface area contributed by atoms with Gasteiger partial charge in [-0.05, 0) is 49.2 Å². The van der Waals surface area contributed by atoms with Crippen LogP contribution in [-0.2, 0) is 10.0 Å². The first-order valence-electron chi connectivity index (χ1n) is 8.62. The van der Waals surface area contributed by atoms with E-state index in [1.165, 1.54) is 35.8 Å². The molecule has 1 aliphatic rings. The topological polar surface area (TPSA) is 79.2 Å². The van der Waals surface area contributed by atoms with Gasteiger partial charge in [-0.3, -0.25) is 4.99 Å². The second kappa shape index (κ2) is 8.29. The number of aliphatic imine (C=N–C) groups is 1. The van der Waals surface area contributed by atoms with E-state index in [-0.39, 0.29) is 10.6 Å². The number of aromatic hydroxyl groups is 1. The van der Waals surface area contributed by atoms with E-state index in [4.69, 9.17) is 16.3 Å². The van der Waals surface area contributed by atoms with Gasteiger partial charge in [0.05, 0.1) is 12.0 Å². The molecule has 0 spiro atoms.